The van der Waals surface area contributed by atoms with Gasteiger partial charge in [-0.3, -0.25) is 4.90 Å². The minimum atomic E-state index is -0.810. The lowest BCUT2D eigenvalue weighted by atomic mass is 9.80. The highest BCUT2D eigenvalue weighted by Gasteiger charge is 2.37. The van der Waals surface area contributed by atoms with Gasteiger partial charge in [-0.2, -0.15) is 0 Å². The molecule has 0 saturated heterocycles. The van der Waals surface area contributed by atoms with Gasteiger partial charge in [-0.05, 0) is 80.6 Å². The van der Waals surface area contributed by atoms with Gasteiger partial charge in [-0.1, -0.05) is 127 Å². The zero-order chi connectivity index (χ0) is 30.9. The topological polar surface area (TPSA) is 32.7 Å². The number of nitrogens with zero attached hydrogens (tertiary/aromatic N) is 1. The van der Waals surface area contributed by atoms with Crippen LogP contribution in [0.5, 0.6) is 5.75 Å². The van der Waals surface area contributed by atoms with Crippen LogP contribution in [-0.4, -0.2) is 28.6 Å². The number of hydrogen-bond donors (Lipinski definition) is 1. The Bertz CT molecular complexity index is 1460. The Hall–Kier alpha value is -4.18. The molecular weight excluding hydrogens is 538 g/mol. The molecule has 0 radical (unpaired) electrons. The minimum Gasteiger partial charge on any atom is -0.508 e. The number of hydrogen-bond acceptors (Lipinski definition) is 3. The van der Waals surface area contributed by atoms with E-state index in [0.29, 0.717) is 24.4 Å². The van der Waals surface area contributed by atoms with Gasteiger partial charge >= 0.3 is 0 Å². The maximum Gasteiger partial charge on any atom is 0.144 e. The SMILES string of the molecule is CC(C)N(CC[C@@H](c1ccccc1)c1cc(COC(c2ccccc2)(c2ccccc2)c2ccccc2)ccc1O)C(C)C. The molecule has 1 atom stereocenters. The average Bonchev–Trinajstić information content (AvgIpc) is 3.06. The Morgan fingerprint density at radius 3 is 1.52 bits per heavy atom. The number of aromatic hydroxyl groups is 1. The van der Waals surface area contributed by atoms with Crippen LogP contribution < -0.4 is 0 Å². The molecule has 1 N–H and O–H groups in total. The summed E-state index contributed by atoms with van der Waals surface area (Å²) >= 11 is 0. The molecule has 0 spiro atoms. The van der Waals surface area contributed by atoms with Crippen LogP contribution >= 0.6 is 0 Å². The summed E-state index contributed by atoms with van der Waals surface area (Å²) in [4.78, 5) is 2.52. The van der Waals surface area contributed by atoms with Crippen LogP contribution in [-0.2, 0) is 16.9 Å². The first-order valence-electron chi connectivity index (χ1n) is 15.8. The van der Waals surface area contributed by atoms with E-state index in [-0.39, 0.29) is 5.92 Å². The van der Waals surface area contributed by atoms with Gasteiger partial charge in [0.2, 0.25) is 0 Å². The summed E-state index contributed by atoms with van der Waals surface area (Å²) in [5.74, 6) is 0.377. The number of ether oxygens (including phenoxy) is 1. The van der Waals surface area contributed by atoms with E-state index in [9.17, 15) is 5.11 Å². The van der Waals surface area contributed by atoms with Crippen molar-refractivity contribution in [3.05, 3.63) is 173 Å². The van der Waals surface area contributed by atoms with Gasteiger partial charge in [0.05, 0.1) is 6.61 Å². The zero-order valence-electron chi connectivity index (χ0n) is 26.4. The Kier molecular flexibility index (Phi) is 10.3. The average molecular weight is 584 g/mol. The second kappa shape index (κ2) is 14.5. The minimum absolute atomic E-state index is 0.0540. The van der Waals surface area contributed by atoms with Gasteiger partial charge in [-0.25, -0.2) is 0 Å². The molecule has 226 valence electrons. The smallest absolute Gasteiger partial charge is 0.144 e. The predicted molar refractivity (Wildman–Crippen MR) is 182 cm³/mol. The van der Waals surface area contributed by atoms with Gasteiger partial charge in [0.1, 0.15) is 11.4 Å². The quantitative estimate of drug-likeness (QED) is 0.140. The first kappa shape index (κ1) is 31.3. The molecule has 0 saturated carbocycles. The lowest BCUT2D eigenvalue weighted by Gasteiger charge is -2.36. The highest BCUT2D eigenvalue weighted by molar-refractivity contribution is 5.48. The van der Waals surface area contributed by atoms with Gasteiger partial charge in [0.15, 0.2) is 0 Å². The molecule has 0 amide bonds. The van der Waals surface area contributed by atoms with Gasteiger partial charge in [-0.15, -0.1) is 0 Å². The van der Waals surface area contributed by atoms with E-state index in [4.69, 9.17) is 4.74 Å². The lowest BCUT2D eigenvalue weighted by Crippen LogP contribution is -2.38. The van der Waals surface area contributed by atoms with Crippen LogP contribution in [0, 0.1) is 0 Å². The lowest BCUT2D eigenvalue weighted by molar-refractivity contribution is 0.000196. The van der Waals surface area contributed by atoms with Gasteiger partial charge < -0.3 is 9.84 Å². The van der Waals surface area contributed by atoms with E-state index in [1.165, 1.54) is 5.56 Å². The van der Waals surface area contributed by atoms with Crippen molar-refractivity contribution in [2.24, 2.45) is 0 Å². The molecular formula is C41H45NO2. The first-order valence-corrected chi connectivity index (χ1v) is 15.8. The first-order chi connectivity index (χ1) is 21.4. The highest BCUT2D eigenvalue weighted by atomic mass is 16.5. The van der Waals surface area contributed by atoms with Gasteiger partial charge in [0, 0.05) is 23.6 Å². The van der Waals surface area contributed by atoms with Crippen molar-refractivity contribution in [2.75, 3.05) is 6.54 Å². The van der Waals surface area contributed by atoms with E-state index in [1.54, 1.807) is 0 Å². The van der Waals surface area contributed by atoms with E-state index >= 15 is 0 Å². The fraction of sp³-hybridized carbons (Fsp3) is 0.268. The second-order valence-corrected chi connectivity index (χ2v) is 12.1. The van der Waals surface area contributed by atoms with E-state index in [2.05, 4.69) is 142 Å². The van der Waals surface area contributed by atoms with Crippen molar-refractivity contribution in [3.8, 4) is 5.75 Å². The third kappa shape index (κ3) is 6.96. The molecule has 3 heteroatoms. The van der Waals surface area contributed by atoms with Crippen LogP contribution in [0.1, 0.15) is 73.4 Å². The molecule has 0 aliphatic heterocycles. The molecule has 3 nitrogen and oxygen atoms in total. The number of benzene rings is 5. The summed E-state index contributed by atoms with van der Waals surface area (Å²) in [6.45, 7) is 10.3. The number of phenols is 1. The molecule has 0 aliphatic carbocycles. The van der Waals surface area contributed by atoms with Crippen molar-refractivity contribution in [2.45, 2.75) is 64.3 Å². The predicted octanol–water partition coefficient (Wildman–Crippen LogP) is 9.54. The van der Waals surface area contributed by atoms with Crippen LogP contribution in [0.2, 0.25) is 0 Å². The van der Waals surface area contributed by atoms with Gasteiger partial charge in [0.25, 0.3) is 0 Å². The van der Waals surface area contributed by atoms with Crippen LogP contribution in [0.3, 0.4) is 0 Å². The Morgan fingerprint density at radius 1 is 0.614 bits per heavy atom. The summed E-state index contributed by atoms with van der Waals surface area (Å²) in [7, 11) is 0. The fourth-order valence-electron chi connectivity index (χ4n) is 6.51. The normalized spacial score (nSPS) is 12.6. The van der Waals surface area contributed by atoms with Crippen molar-refractivity contribution in [1.29, 1.82) is 0 Å². The number of phenolic OH excluding ortho intramolecular Hbond substituents is 1. The molecule has 0 aromatic heterocycles. The molecule has 0 aliphatic rings. The summed E-state index contributed by atoms with van der Waals surface area (Å²) in [6.07, 6.45) is 0.903. The summed E-state index contributed by atoms with van der Waals surface area (Å²) in [6, 6.07) is 48.8. The van der Waals surface area contributed by atoms with Crippen molar-refractivity contribution < 1.29 is 9.84 Å². The highest BCUT2D eigenvalue weighted by Crippen LogP contribution is 2.42. The molecule has 0 unspecified atom stereocenters. The largest absolute Gasteiger partial charge is 0.508 e. The standard InChI is InChI=1S/C41H45NO2/c1-31(2)42(32(3)4)28-27-38(34-17-9-5-10-18-34)39-29-33(25-26-40(39)43)30-44-41(35-19-11-6-12-20-35,36-21-13-7-14-22-36)37-23-15-8-16-24-37/h5-26,29,31-32,38,43H,27-28,30H2,1-4H3/t38-/m0/s1. The summed E-state index contributed by atoms with van der Waals surface area (Å²) < 4.78 is 7.13. The molecule has 5 aromatic rings. The molecule has 5 aromatic carbocycles. The molecule has 5 rings (SSSR count). The van der Waals surface area contributed by atoms with Crippen molar-refractivity contribution in [3.63, 3.8) is 0 Å². The maximum absolute atomic E-state index is 11.3. The van der Waals surface area contributed by atoms with E-state index < -0.39 is 5.60 Å². The Labute approximate surface area is 263 Å². The molecule has 0 heterocycles. The molecule has 44 heavy (non-hydrogen) atoms. The Balaban J connectivity index is 1.54. The van der Waals surface area contributed by atoms with Crippen molar-refractivity contribution in [1.82, 2.24) is 4.90 Å². The van der Waals surface area contributed by atoms with Crippen LogP contribution in [0.15, 0.2) is 140 Å². The molecule has 0 fully saturated rings. The van der Waals surface area contributed by atoms with E-state index in [1.807, 2.05) is 30.3 Å². The molecule has 0 bridgehead atoms. The van der Waals surface area contributed by atoms with Crippen LogP contribution in [0.25, 0.3) is 0 Å². The fourth-order valence-corrected chi connectivity index (χ4v) is 6.51. The van der Waals surface area contributed by atoms with Crippen molar-refractivity contribution >= 4 is 0 Å². The summed E-state index contributed by atoms with van der Waals surface area (Å²) in [5, 5.41) is 11.3. The third-order valence-corrected chi connectivity index (χ3v) is 8.67. The maximum atomic E-state index is 11.3. The third-order valence-electron chi connectivity index (χ3n) is 8.67. The number of rotatable bonds is 13. The Morgan fingerprint density at radius 2 is 1.07 bits per heavy atom. The monoisotopic (exact) mass is 583 g/mol. The summed E-state index contributed by atoms with van der Waals surface area (Å²) in [5.41, 5.74) is 5.57. The van der Waals surface area contributed by atoms with Crippen LogP contribution in [0.4, 0.5) is 0 Å². The second-order valence-electron chi connectivity index (χ2n) is 12.1. The van der Waals surface area contributed by atoms with E-state index in [0.717, 1.165) is 40.8 Å². The zero-order valence-corrected chi connectivity index (χ0v) is 26.4.